The molecule has 2 aromatic heterocycles. The van der Waals surface area contributed by atoms with Gasteiger partial charge in [-0.2, -0.15) is 4.98 Å². The Morgan fingerprint density at radius 2 is 1.92 bits per heavy atom. The van der Waals surface area contributed by atoms with Gasteiger partial charge >= 0.3 is 0 Å². The van der Waals surface area contributed by atoms with Crippen LogP contribution in [-0.2, 0) is 6.42 Å². The smallest absolute Gasteiger partial charge is 0.231 e. The van der Waals surface area contributed by atoms with Crippen molar-refractivity contribution >= 4 is 11.0 Å². The second kappa shape index (κ2) is 6.12. The molecule has 0 aliphatic rings. The molecule has 2 aromatic carbocycles. The number of aromatic nitrogens is 4. The molecule has 0 aliphatic heterocycles. The molecule has 0 amide bonds. The van der Waals surface area contributed by atoms with Crippen LogP contribution in [0, 0.1) is 5.82 Å². The number of benzene rings is 2. The summed E-state index contributed by atoms with van der Waals surface area (Å²) in [5, 5.41) is 4.08. The molecule has 2 heterocycles. The minimum Gasteiger partial charge on any atom is -0.339 e. The van der Waals surface area contributed by atoms with Crippen molar-refractivity contribution < 1.29 is 8.91 Å². The summed E-state index contributed by atoms with van der Waals surface area (Å²) in [6.45, 7) is 4.23. The van der Waals surface area contributed by atoms with Crippen molar-refractivity contribution in [2.45, 2.75) is 26.3 Å². The minimum absolute atomic E-state index is 0.259. The van der Waals surface area contributed by atoms with E-state index in [0.717, 1.165) is 22.2 Å². The van der Waals surface area contributed by atoms with E-state index in [1.165, 1.54) is 12.1 Å². The summed E-state index contributed by atoms with van der Waals surface area (Å²) in [6.07, 6.45) is 2.31. The average Bonchev–Trinajstić information content (AvgIpc) is 3.23. The highest BCUT2D eigenvalue weighted by Gasteiger charge is 2.12. The van der Waals surface area contributed by atoms with E-state index in [9.17, 15) is 4.39 Å². The van der Waals surface area contributed by atoms with E-state index >= 15 is 0 Å². The monoisotopic (exact) mass is 336 g/mol. The lowest BCUT2D eigenvalue weighted by Crippen LogP contribution is -1.98. The molecule has 0 spiro atoms. The number of nitrogens with zero attached hydrogens (tertiary/aromatic N) is 4. The molecule has 0 radical (unpaired) electrons. The first kappa shape index (κ1) is 15.5. The van der Waals surface area contributed by atoms with Gasteiger partial charge in [0.15, 0.2) is 0 Å². The van der Waals surface area contributed by atoms with Gasteiger partial charge in [0, 0.05) is 11.6 Å². The number of rotatable bonds is 4. The van der Waals surface area contributed by atoms with Crippen LogP contribution in [0.25, 0.3) is 22.4 Å². The molecule has 0 bridgehead atoms. The van der Waals surface area contributed by atoms with E-state index in [-0.39, 0.29) is 5.82 Å². The van der Waals surface area contributed by atoms with E-state index in [1.54, 1.807) is 12.1 Å². The predicted octanol–water partition coefficient (Wildman–Crippen LogP) is 4.40. The Bertz CT molecular complexity index is 1020. The van der Waals surface area contributed by atoms with Crippen LogP contribution in [0.4, 0.5) is 4.39 Å². The van der Waals surface area contributed by atoms with Crippen molar-refractivity contribution in [2.75, 3.05) is 0 Å². The van der Waals surface area contributed by atoms with Gasteiger partial charge in [-0.3, -0.25) is 0 Å². The maximum absolute atomic E-state index is 13.0. The summed E-state index contributed by atoms with van der Waals surface area (Å²) in [5.74, 6) is 0.777. The zero-order valence-electron chi connectivity index (χ0n) is 14.0. The molecule has 6 heteroatoms. The highest BCUT2D eigenvalue weighted by molar-refractivity contribution is 5.80. The molecule has 0 atom stereocenters. The van der Waals surface area contributed by atoms with Gasteiger partial charge in [-0.05, 0) is 49.7 Å². The number of fused-ring (bicyclic) bond motifs is 1. The zero-order valence-corrected chi connectivity index (χ0v) is 14.0. The maximum Gasteiger partial charge on any atom is 0.231 e. The molecule has 0 saturated heterocycles. The molecular weight excluding hydrogens is 319 g/mol. The molecule has 4 rings (SSSR count). The molecule has 4 aromatic rings. The topological polar surface area (TPSA) is 56.7 Å². The Morgan fingerprint density at radius 1 is 1.12 bits per heavy atom. The SMILES string of the molecule is CC(C)n1cnc2ccc(-c3noc(Cc4ccc(F)cc4)n3)cc21. The molecular formula is C19H17FN4O. The van der Waals surface area contributed by atoms with E-state index in [0.29, 0.717) is 24.2 Å². The number of imidazole rings is 1. The van der Waals surface area contributed by atoms with E-state index in [1.807, 2.05) is 24.5 Å². The molecule has 25 heavy (non-hydrogen) atoms. The fourth-order valence-corrected chi connectivity index (χ4v) is 2.80. The van der Waals surface area contributed by atoms with Gasteiger partial charge < -0.3 is 9.09 Å². The summed E-state index contributed by atoms with van der Waals surface area (Å²) in [7, 11) is 0. The van der Waals surface area contributed by atoms with Crippen LogP contribution in [-0.4, -0.2) is 19.7 Å². The number of hydrogen-bond donors (Lipinski definition) is 0. The summed E-state index contributed by atoms with van der Waals surface area (Å²) in [5.41, 5.74) is 3.78. The molecule has 0 saturated carbocycles. The quantitative estimate of drug-likeness (QED) is 0.554. The van der Waals surface area contributed by atoms with E-state index in [2.05, 4.69) is 33.5 Å². The second-order valence-corrected chi connectivity index (χ2v) is 6.26. The fourth-order valence-electron chi connectivity index (χ4n) is 2.80. The summed E-state index contributed by atoms with van der Waals surface area (Å²) < 4.78 is 20.4. The first-order valence-corrected chi connectivity index (χ1v) is 8.14. The Morgan fingerprint density at radius 3 is 2.68 bits per heavy atom. The molecule has 5 nitrogen and oxygen atoms in total. The van der Waals surface area contributed by atoms with Crippen LogP contribution >= 0.6 is 0 Å². The van der Waals surface area contributed by atoms with Gasteiger partial charge in [0.1, 0.15) is 5.82 Å². The lowest BCUT2D eigenvalue weighted by molar-refractivity contribution is 0.385. The average molecular weight is 336 g/mol. The maximum atomic E-state index is 13.0. The van der Waals surface area contributed by atoms with Crippen LogP contribution in [0.2, 0.25) is 0 Å². The molecule has 0 unspecified atom stereocenters. The standard InChI is InChI=1S/C19H17FN4O/c1-12(2)24-11-21-16-8-5-14(10-17(16)24)19-22-18(25-23-19)9-13-3-6-15(20)7-4-13/h3-8,10-12H,9H2,1-2H3. The van der Waals surface area contributed by atoms with Crippen LogP contribution in [0.5, 0.6) is 0 Å². The fraction of sp³-hybridized carbons (Fsp3) is 0.211. The van der Waals surface area contributed by atoms with Crippen LogP contribution in [0.3, 0.4) is 0 Å². The Labute approximate surface area is 144 Å². The predicted molar refractivity (Wildman–Crippen MR) is 92.6 cm³/mol. The Kier molecular flexibility index (Phi) is 3.80. The van der Waals surface area contributed by atoms with Gasteiger partial charge in [-0.15, -0.1) is 0 Å². The second-order valence-electron chi connectivity index (χ2n) is 6.26. The Balaban J connectivity index is 1.64. The zero-order chi connectivity index (χ0) is 17.4. The van der Waals surface area contributed by atoms with Gasteiger partial charge in [0.2, 0.25) is 11.7 Å². The molecule has 0 fully saturated rings. The normalized spacial score (nSPS) is 11.5. The molecule has 0 aliphatic carbocycles. The van der Waals surface area contributed by atoms with Crippen molar-refractivity contribution in [3.63, 3.8) is 0 Å². The van der Waals surface area contributed by atoms with Crippen LogP contribution in [0.15, 0.2) is 53.3 Å². The van der Waals surface area contributed by atoms with Gasteiger partial charge in [-0.25, -0.2) is 9.37 Å². The summed E-state index contributed by atoms with van der Waals surface area (Å²) >= 11 is 0. The minimum atomic E-state index is -0.259. The van der Waals surface area contributed by atoms with Gasteiger partial charge in [-0.1, -0.05) is 17.3 Å². The summed E-state index contributed by atoms with van der Waals surface area (Å²) in [6, 6.07) is 12.5. The van der Waals surface area contributed by atoms with Crippen molar-refractivity contribution in [3.8, 4) is 11.4 Å². The lowest BCUT2D eigenvalue weighted by Gasteiger charge is -2.07. The van der Waals surface area contributed by atoms with Crippen molar-refractivity contribution in [1.82, 2.24) is 19.7 Å². The van der Waals surface area contributed by atoms with Crippen molar-refractivity contribution in [3.05, 3.63) is 66.1 Å². The highest BCUT2D eigenvalue weighted by atomic mass is 19.1. The van der Waals surface area contributed by atoms with Gasteiger partial charge in [0.05, 0.1) is 23.8 Å². The third-order valence-electron chi connectivity index (χ3n) is 4.13. The molecule has 0 N–H and O–H groups in total. The van der Waals surface area contributed by atoms with Crippen LogP contribution < -0.4 is 0 Å². The molecule has 126 valence electrons. The first-order valence-electron chi connectivity index (χ1n) is 8.14. The van der Waals surface area contributed by atoms with Crippen molar-refractivity contribution in [2.24, 2.45) is 0 Å². The van der Waals surface area contributed by atoms with Crippen LogP contribution in [0.1, 0.15) is 31.3 Å². The van der Waals surface area contributed by atoms with E-state index < -0.39 is 0 Å². The summed E-state index contributed by atoms with van der Waals surface area (Å²) in [4.78, 5) is 8.87. The Hall–Kier alpha value is -3.02. The van der Waals surface area contributed by atoms with Gasteiger partial charge in [0.25, 0.3) is 0 Å². The third kappa shape index (κ3) is 3.03. The van der Waals surface area contributed by atoms with Crippen molar-refractivity contribution in [1.29, 1.82) is 0 Å². The van der Waals surface area contributed by atoms with E-state index in [4.69, 9.17) is 4.52 Å². The number of halogens is 1. The largest absolute Gasteiger partial charge is 0.339 e. The lowest BCUT2D eigenvalue weighted by atomic mass is 10.1. The number of hydrogen-bond acceptors (Lipinski definition) is 4. The first-order chi connectivity index (χ1) is 12.1. The highest BCUT2D eigenvalue weighted by Crippen LogP contribution is 2.24. The third-order valence-corrected chi connectivity index (χ3v) is 4.13.